The third-order valence-electron chi connectivity index (χ3n) is 4.86. The van der Waals surface area contributed by atoms with Gasteiger partial charge in [-0.15, -0.1) is 0 Å². The number of aryl methyl sites for hydroxylation is 1. The van der Waals surface area contributed by atoms with Gasteiger partial charge in [0.15, 0.2) is 11.5 Å². The normalized spacial score (nSPS) is 15.0. The smallest absolute Gasteiger partial charge is 0.252 e. The molecule has 2 aromatic heterocycles. The van der Waals surface area contributed by atoms with E-state index in [-0.39, 0.29) is 24.2 Å². The van der Waals surface area contributed by atoms with Crippen LogP contribution in [-0.2, 0) is 4.79 Å². The van der Waals surface area contributed by atoms with Gasteiger partial charge in [0.2, 0.25) is 18.6 Å². The molecule has 3 aromatic rings. The molecule has 0 atom stereocenters. The third-order valence-corrected chi connectivity index (χ3v) is 4.86. The first-order chi connectivity index (χ1) is 14.5. The minimum Gasteiger partial charge on any atom is -0.454 e. The number of anilines is 1. The minimum atomic E-state index is -0.328. The summed E-state index contributed by atoms with van der Waals surface area (Å²) >= 11 is 0. The quantitative estimate of drug-likeness (QED) is 0.631. The van der Waals surface area contributed by atoms with Crippen molar-refractivity contribution in [3.05, 3.63) is 63.7 Å². The van der Waals surface area contributed by atoms with Crippen molar-refractivity contribution in [2.45, 2.75) is 25.7 Å². The van der Waals surface area contributed by atoms with Crippen LogP contribution in [0, 0.1) is 6.92 Å². The molecule has 30 heavy (non-hydrogen) atoms. The predicted octanol–water partition coefficient (Wildman–Crippen LogP) is 2.52. The Morgan fingerprint density at radius 3 is 2.87 bits per heavy atom. The van der Waals surface area contributed by atoms with Crippen LogP contribution in [-0.4, -0.2) is 32.4 Å². The van der Waals surface area contributed by atoms with E-state index in [1.807, 2.05) is 18.2 Å². The number of ether oxygens (including phenoxy) is 2. The summed E-state index contributed by atoms with van der Waals surface area (Å²) in [6.07, 6.45) is 5.24. The Kier molecular flexibility index (Phi) is 4.35. The zero-order valence-electron chi connectivity index (χ0n) is 16.2. The molecule has 5 rings (SSSR count). The monoisotopic (exact) mass is 405 g/mol. The molecule has 0 unspecified atom stereocenters. The Morgan fingerprint density at radius 1 is 1.23 bits per heavy atom. The van der Waals surface area contributed by atoms with E-state index in [1.54, 1.807) is 19.1 Å². The molecule has 1 amide bonds. The first kappa shape index (κ1) is 18.2. The molecule has 9 heteroatoms. The van der Waals surface area contributed by atoms with E-state index in [4.69, 9.17) is 9.47 Å². The molecule has 1 saturated carbocycles. The van der Waals surface area contributed by atoms with E-state index in [1.165, 1.54) is 16.8 Å². The number of carbonyl (C=O) groups excluding carboxylic acids is 1. The number of aromatic amines is 1. The number of amides is 1. The molecule has 9 nitrogen and oxygen atoms in total. The maximum atomic E-state index is 12.5. The highest BCUT2D eigenvalue weighted by atomic mass is 16.7. The summed E-state index contributed by atoms with van der Waals surface area (Å²) in [4.78, 5) is 31.4. The van der Waals surface area contributed by atoms with Gasteiger partial charge in [0.25, 0.3) is 5.56 Å². The Morgan fingerprint density at radius 2 is 2.07 bits per heavy atom. The fourth-order valence-electron chi connectivity index (χ4n) is 3.25. The van der Waals surface area contributed by atoms with E-state index in [0.29, 0.717) is 28.9 Å². The molecule has 0 saturated heterocycles. The lowest BCUT2D eigenvalue weighted by Crippen LogP contribution is -2.17. The van der Waals surface area contributed by atoms with Crippen molar-refractivity contribution in [2.24, 2.45) is 0 Å². The van der Waals surface area contributed by atoms with Gasteiger partial charge in [0.05, 0.1) is 5.69 Å². The van der Waals surface area contributed by atoms with Crippen LogP contribution >= 0.6 is 0 Å². The van der Waals surface area contributed by atoms with Gasteiger partial charge >= 0.3 is 0 Å². The van der Waals surface area contributed by atoms with Gasteiger partial charge in [-0.1, -0.05) is 6.07 Å². The number of H-pyrrole nitrogens is 1. The van der Waals surface area contributed by atoms with E-state index >= 15 is 0 Å². The van der Waals surface area contributed by atoms with Crippen LogP contribution in [0.4, 0.5) is 5.82 Å². The number of hydrogen-bond acceptors (Lipinski definition) is 6. The van der Waals surface area contributed by atoms with Crippen LogP contribution in [0.15, 0.2) is 41.2 Å². The average Bonchev–Trinajstić information content (AvgIpc) is 3.31. The first-order valence-corrected chi connectivity index (χ1v) is 9.62. The Bertz CT molecular complexity index is 1220. The average molecular weight is 405 g/mol. The van der Waals surface area contributed by atoms with E-state index in [0.717, 1.165) is 24.1 Å². The Balaban J connectivity index is 1.39. The van der Waals surface area contributed by atoms with Crippen LogP contribution in [0.3, 0.4) is 0 Å². The molecule has 0 radical (unpaired) electrons. The lowest BCUT2D eigenvalue weighted by atomic mass is 10.2. The highest BCUT2D eigenvalue weighted by Crippen LogP contribution is 2.40. The lowest BCUT2D eigenvalue weighted by Gasteiger charge is -2.07. The summed E-state index contributed by atoms with van der Waals surface area (Å²) in [5.41, 5.74) is 1.97. The summed E-state index contributed by atoms with van der Waals surface area (Å²) in [5.74, 6) is 2.11. The van der Waals surface area contributed by atoms with Crippen molar-refractivity contribution >= 4 is 17.8 Å². The first-order valence-electron chi connectivity index (χ1n) is 9.62. The number of aromatic nitrogens is 4. The van der Waals surface area contributed by atoms with Gasteiger partial charge in [0, 0.05) is 29.8 Å². The minimum absolute atomic E-state index is 0.200. The Labute approximate surface area is 171 Å². The third kappa shape index (κ3) is 3.69. The molecular formula is C21H19N5O4. The number of fused-ring (bicyclic) bond motifs is 1. The molecule has 1 aromatic carbocycles. The molecule has 2 N–H and O–H groups in total. The van der Waals surface area contributed by atoms with Gasteiger partial charge in [-0.05, 0) is 43.5 Å². The molecule has 0 bridgehead atoms. The zero-order valence-corrected chi connectivity index (χ0v) is 16.2. The van der Waals surface area contributed by atoms with Crippen molar-refractivity contribution in [3.8, 4) is 17.4 Å². The molecule has 3 heterocycles. The van der Waals surface area contributed by atoms with Gasteiger partial charge in [-0.2, -0.15) is 9.78 Å². The fourth-order valence-corrected chi connectivity index (χ4v) is 3.25. The molecule has 1 aliphatic carbocycles. The van der Waals surface area contributed by atoms with Crippen molar-refractivity contribution in [1.82, 2.24) is 19.7 Å². The summed E-state index contributed by atoms with van der Waals surface area (Å²) < 4.78 is 12.1. The van der Waals surface area contributed by atoms with Crippen molar-refractivity contribution in [3.63, 3.8) is 0 Å². The second kappa shape index (κ2) is 7.18. The summed E-state index contributed by atoms with van der Waals surface area (Å²) in [5, 5.41) is 7.38. The van der Waals surface area contributed by atoms with Gasteiger partial charge < -0.3 is 14.8 Å². The molecule has 152 valence electrons. The van der Waals surface area contributed by atoms with Gasteiger partial charge in [-0.25, -0.2) is 4.98 Å². The van der Waals surface area contributed by atoms with Crippen molar-refractivity contribution < 1.29 is 14.3 Å². The highest BCUT2D eigenvalue weighted by Gasteiger charge is 2.28. The second-order valence-corrected chi connectivity index (χ2v) is 7.29. The van der Waals surface area contributed by atoms with E-state index in [2.05, 4.69) is 20.4 Å². The Hall–Kier alpha value is -3.88. The van der Waals surface area contributed by atoms with E-state index in [9.17, 15) is 9.59 Å². The number of rotatable bonds is 5. The number of nitrogens with one attached hydrogen (secondary N) is 2. The molecule has 2 aliphatic rings. The summed E-state index contributed by atoms with van der Waals surface area (Å²) in [7, 11) is 0. The molecule has 1 fully saturated rings. The van der Waals surface area contributed by atoms with Crippen LogP contribution in [0.25, 0.3) is 12.0 Å². The fraction of sp³-hybridized carbons (Fsp3) is 0.238. The van der Waals surface area contributed by atoms with Gasteiger partial charge in [-0.3, -0.25) is 14.6 Å². The molecular weight excluding hydrogens is 386 g/mol. The standard InChI is InChI=1S/C21H19N5O4/c1-12-8-20(28)24-21(22-12)26-18(10-15(25-26)14-4-5-14)23-19(27)7-3-13-2-6-16-17(9-13)30-11-29-16/h2-3,6-10,14H,4-5,11H2,1H3,(H,23,27)(H,22,24,28)/b7-3+. The SMILES string of the molecule is Cc1cc(=O)[nH]c(-n2nc(C3CC3)cc2NC(=O)/C=C/c2ccc3c(c2)OCO3)n1. The maximum absolute atomic E-state index is 12.5. The zero-order chi connectivity index (χ0) is 20.7. The van der Waals surface area contributed by atoms with Crippen LogP contribution in [0.5, 0.6) is 11.5 Å². The van der Waals surface area contributed by atoms with E-state index < -0.39 is 0 Å². The second-order valence-electron chi connectivity index (χ2n) is 7.29. The lowest BCUT2D eigenvalue weighted by molar-refractivity contribution is -0.111. The topological polar surface area (TPSA) is 111 Å². The van der Waals surface area contributed by atoms with Crippen molar-refractivity contribution in [2.75, 3.05) is 12.1 Å². The summed E-state index contributed by atoms with van der Waals surface area (Å²) in [6, 6.07) is 8.68. The summed E-state index contributed by atoms with van der Waals surface area (Å²) in [6.45, 7) is 1.93. The van der Waals surface area contributed by atoms with Gasteiger partial charge in [0.1, 0.15) is 5.82 Å². The number of hydrogen-bond donors (Lipinski definition) is 2. The predicted molar refractivity (Wildman–Crippen MR) is 109 cm³/mol. The number of benzene rings is 1. The van der Waals surface area contributed by atoms with Crippen LogP contribution in [0.1, 0.15) is 35.7 Å². The molecule has 1 aliphatic heterocycles. The highest BCUT2D eigenvalue weighted by molar-refractivity contribution is 6.01. The molecule has 0 spiro atoms. The number of nitrogens with zero attached hydrogens (tertiary/aromatic N) is 3. The van der Waals surface area contributed by atoms with Crippen molar-refractivity contribution in [1.29, 1.82) is 0 Å². The van der Waals surface area contributed by atoms with Crippen LogP contribution < -0.4 is 20.3 Å². The largest absolute Gasteiger partial charge is 0.454 e. The van der Waals surface area contributed by atoms with Crippen LogP contribution in [0.2, 0.25) is 0 Å². The maximum Gasteiger partial charge on any atom is 0.252 e. The number of carbonyl (C=O) groups is 1.